The summed E-state index contributed by atoms with van der Waals surface area (Å²) in [6, 6.07) is 9.38. The van der Waals surface area contributed by atoms with E-state index in [0.29, 0.717) is 6.42 Å². The third kappa shape index (κ3) is 3.56. The fourth-order valence-corrected chi connectivity index (χ4v) is 2.18. The Kier molecular flexibility index (Phi) is 3.87. The van der Waals surface area contributed by atoms with E-state index in [9.17, 15) is 4.79 Å². The third-order valence-corrected chi connectivity index (χ3v) is 3.45. The standard InChI is InChI=1S/C14H16N2O2S/c1-14(16,13(15)17)8-10-2-4-11(5-3-10)18-12-6-7-19-9-12/h2-7,9H,8,16H2,1H3,(H2,15,17). The van der Waals surface area contributed by atoms with Gasteiger partial charge < -0.3 is 16.2 Å². The van der Waals surface area contributed by atoms with E-state index in [1.165, 1.54) is 0 Å². The predicted molar refractivity (Wildman–Crippen MR) is 76.3 cm³/mol. The number of ether oxygens (including phenoxy) is 1. The second kappa shape index (κ2) is 5.42. The molecular formula is C14H16N2O2S. The van der Waals surface area contributed by atoms with Crippen molar-refractivity contribution in [3.8, 4) is 11.5 Å². The Morgan fingerprint density at radius 2 is 1.95 bits per heavy atom. The van der Waals surface area contributed by atoms with Crippen molar-refractivity contribution in [1.82, 2.24) is 0 Å². The number of primary amides is 1. The van der Waals surface area contributed by atoms with Crippen LogP contribution in [0.5, 0.6) is 11.5 Å². The lowest BCUT2D eigenvalue weighted by Crippen LogP contribution is -2.51. The molecular weight excluding hydrogens is 260 g/mol. The highest BCUT2D eigenvalue weighted by atomic mass is 32.1. The van der Waals surface area contributed by atoms with Gasteiger partial charge in [-0.05, 0) is 42.5 Å². The van der Waals surface area contributed by atoms with Crippen LogP contribution < -0.4 is 16.2 Å². The Morgan fingerprint density at radius 3 is 2.47 bits per heavy atom. The highest BCUT2D eigenvalue weighted by molar-refractivity contribution is 7.08. The van der Waals surface area contributed by atoms with Gasteiger partial charge in [-0.3, -0.25) is 4.79 Å². The number of hydrogen-bond donors (Lipinski definition) is 2. The van der Waals surface area contributed by atoms with Gasteiger partial charge in [-0.1, -0.05) is 12.1 Å². The molecule has 4 nitrogen and oxygen atoms in total. The van der Waals surface area contributed by atoms with Crippen LogP contribution in [-0.2, 0) is 11.2 Å². The first-order valence-corrected chi connectivity index (χ1v) is 6.79. The minimum atomic E-state index is -1.03. The molecule has 0 saturated heterocycles. The first-order chi connectivity index (χ1) is 8.97. The lowest BCUT2D eigenvalue weighted by molar-refractivity contribution is -0.122. The number of carbonyl (C=O) groups is 1. The van der Waals surface area contributed by atoms with Gasteiger partial charge in [0.05, 0.1) is 5.54 Å². The Bertz CT molecular complexity index is 547. The zero-order valence-electron chi connectivity index (χ0n) is 10.6. The van der Waals surface area contributed by atoms with Crippen molar-refractivity contribution >= 4 is 17.2 Å². The molecule has 2 rings (SSSR count). The number of benzene rings is 1. The van der Waals surface area contributed by atoms with Crippen LogP contribution in [0.4, 0.5) is 0 Å². The fourth-order valence-electron chi connectivity index (χ4n) is 1.63. The van der Waals surface area contributed by atoms with Gasteiger partial charge in [-0.25, -0.2) is 0 Å². The van der Waals surface area contributed by atoms with Gasteiger partial charge in [-0.2, -0.15) is 0 Å². The summed E-state index contributed by atoms with van der Waals surface area (Å²) in [4.78, 5) is 11.2. The Morgan fingerprint density at radius 1 is 1.26 bits per heavy atom. The molecule has 0 aliphatic heterocycles. The smallest absolute Gasteiger partial charge is 0.237 e. The van der Waals surface area contributed by atoms with Crippen LogP contribution in [0.2, 0.25) is 0 Å². The second-order valence-electron chi connectivity index (χ2n) is 4.66. The number of thiophene rings is 1. The summed E-state index contributed by atoms with van der Waals surface area (Å²) in [5, 5.41) is 3.88. The molecule has 4 N–H and O–H groups in total. The minimum absolute atomic E-state index is 0.404. The molecule has 1 aromatic carbocycles. The second-order valence-corrected chi connectivity index (χ2v) is 5.44. The topological polar surface area (TPSA) is 78.3 Å². The zero-order valence-corrected chi connectivity index (χ0v) is 11.4. The lowest BCUT2D eigenvalue weighted by Gasteiger charge is -2.20. The van der Waals surface area contributed by atoms with Crippen LogP contribution in [0.25, 0.3) is 0 Å². The maximum atomic E-state index is 11.2. The average Bonchev–Trinajstić information content (AvgIpc) is 2.84. The van der Waals surface area contributed by atoms with Crippen molar-refractivity contribution in [1.29, 1.82) is 0 Å². The molecule has 5 heteroatoms. The molecule has 0 aliphatic rings. The zero-order chi connectivity index (χ0) is 13.9. The summed E-state index contributed by atoms with van der Waals surface area (Å²) in [6.07, 6.45) is 0.404. The molecule has 1 aromatic heterocycles. The van der Waals surface area contributed by atoms with E-state index in [1.54, 1.807) is 18.3 Å². The summed E-state index contributed by atoms with van der Waals surface area (Å²) in [7, 11) is 0. The molecule has 0 spiro atoms. The maximum absolute atomic E-state index is 11.2. The van der Waals surface area contributed by atoms with Crippen molar-refractivity contribution in [2.45, 2.75) is 18.9 Å². The maximum Gasteiger partial charge on any atom is 0.237 e. The number of nitrogens with two attached hydrogens (primary N) is 2. The quantitative estimate of drug-likeness (QED) is 0.879. The normalized spacial score (nSPS) is 13.8. The molecule has 1 heterocycles. The van der Waals surface area contributed by atoms with E-state index in [2.05, 4.69) is 0 Å². The van der Waals surface area contributed by atoms with E-state index in [0.717, 1.165) is 17.1 Å². The van der Waals surface area contributed by atoms with Gasteiger partial charge in [-0.15, -0.1) is 11.3 Å². The Balaban J connectivity index is 2.04. The Labute approximate surface area is 116 Å². The molecule has 19 heavy (non-hydrogen) atoms. The van der Waals surface area contributed by atoms with Gasteiger partial charge in [0.2, 0.25) is 5.91 Å². The summed E-state index contributed by atoms with van der Waals surface area (Å²) in [5.74, 6) is 1.06. The van der Waals surface area contributed by atoms with Crippen LogP contribution >= 0.6 is 11.3 Å². The highest BCUT2D eigenvalue weighted by Gasteiger charge is 2.25. The third-order valence-electron chi connectivity index (χ3n) is 2.79. The summed E-state index contributed by atoms with van der Waals surface area (Å²) in [6.45, 7) is 1.63. The highest BCUT2D eigenvalue weighted by Crippen LogP contribution is 2.24. The van der Waals surface area contributed by atoms with E-state index >= 15 is 0 Å². The fraction of sp³-hybridized carbons (Fsp3) is 0.214. The molecule has 1 atom stereocenters. The van der Waals surface area contributed by atoms with Gasteiger partial charge in [0.1, 0.15) is 11.5 Å². The number of rotatable bonds is 5. The molecule has 1 unspecified atom stereocenters. The molecule has 2 aromatic rings. The van der Waals surface area contributed by atoms with Crippen molar-refractivity contribution < 1.29 is 9.53 Å². The Hall–Kier alpha value is -1.85. The number of hydrogen-bond acceptors (Lipinski definition) is 4. The van der Waals surface area contributed by atoms with Crippen LogP contribution in [0.3, 0.4) is 0 Å². The SMILES string of the molecule is CC(N)(Cc1ccc(Oc2ccsc2)cc1)C(N)=O. The molecule has 0 fully saturated rings. The van der Waals surface area contributed by atoms with E-state index in [4.69, 9.17) is 16.2 Å². The molecule has 0 aliphatic carbocycles. The minimum Gasteiger partial charge on any atom is -0.457 e. The first-order valence-electron chi connectivity index (χ1n) is 5.85. The summed E-state index contributed by atoms with van der Waals surface area (Å²) < 4.78 is 5.64. The predicted octanol–water partition coefficient (Wildman–Crippen LogP) is 2.29. The summed E-state index contributed by atoms with van der Waals surface area (Å²) in [5.41, 5.74) is 11.0. The molecule has 0 bridgehead atoms. The van der Waals surface area contributed by atoms with Crippen molar-refractivity contribution in [3.05, 3.63) is 46.7 Å². The summed E-state index contributed by atoms with van der Waals surface area (Å²) >= 11 is 1.58. The van der Waals surface area contributed by atoms with Crippen LogP contribution in [0.1, 0.15) is 12.5 Å². The van der Waals surface area contributed by atoms with Crippen molar-refractivity contribution in [3.63, 3.8) is 0 Å². The van der Waals surface area contributed by atoms with E-state index in [-0.39, 0.29) is 0 Å². The molecule has 1 amide bonds. The first kappa shape index (κ1) is 13.6. The van der Waals surface area contributed by atoms with Crippen molar-refractivity contribution in [2.75, 3.05) is 0 Å². The lowest BCUT2D eigenvalue weighted by atomic mass is 9.93. The van der Waals surface area contributed by atoms with E-state index < -0.39 is 11.4 Å². The van der Waals surface area contributed by atoms with Gasteiger partial charge in [0.15, 0.2) is 0 Å². The number of carbonyl (C=O) groups excluding carboxylic acids is 1. The molecule has 100 valence electrons. The largest absolute Gasteiger partial charge is 0.457 e. The van der Waals surface area contributed by atoms with Crippen molar-refractivity contribution in [2.24, 2.45) is 11.5 Å². The van der Waals surface area contributed by atoms with E-state index in [1.807, 2.05) is 41.1 Å². The number of amides is 1. The van der Waals surface area contributed by atoms with Gasteiger partial charge in [0, 0.05) is 5.38 Å². The van der Waals surface area contributed by atoms with Crippen LogP contribution in [0, 0.1) is 0 Å². The van der Waals surface area contributed by atoms with Crippen LogP contribution in [-0.4, -0.2) is 11.4 Å². The van der Waals surface area contributed by atoms with Crippen LogP contribution in [0.15, 0.2) is 41.1 Å². The molecule has 0 radical (unpaired) electrons. The van der Waals surface area contributed by atoms with Gasteiger partial charge in [0.25, 0.3) is 0 Å². The monoisotopic (exact) mass is 276 g/mol. The molecule has 0 saturated carbocycles. The van der Waals surface area contributed by atoms with Gasteiger partial charge >= 0.3 is 0 Å². The average molecular weight is 276 g/mol.